The minimum atomic E-state index is -1.05. The van der Waals surface area contributed by atoms with E-state index in [0.717, 1.165) is 17.7 Å². The second kappa shape index (κ2) is 9.32. The van der Waals surface area contributed by atoms with Gasteiger partial charge in [0.2, 0.25) is 0 Å². The number of hydrogen-bond acceptors (Lipinski definition) is 8. The molecule has 1 aliphatic carbocycles. The van der Waals surface area contributed by atoms with E-state index in [1.807, 2.05) is 57.9 Å². The predicted molar refractivity (Wildman–Crippen MR) is 127 cm³/mol. The summed E-state index contributed by atoms with van der Waals surface area (Å²) in [6.45, 7) is 2.48. The average molecular weight is 466 g/mol. The number of imidazole rings is 1. The first-order valence-corrected chi connectivity index (χ1v) is 11.4. The van der Waals surface area contributed by atoms with Crippen LogP contribution in [0.4, 0.5) is 10.2 Å². The maximum absolute atomic E-state index is 15.2. The van der Waals surface area contributed by atoms with Crippen LogP contribution in [0.5, 0.6) is 5.75 Å². The van der Waals surface area contributed by atoms with Crippen molar-refractivity contribution in [2.24, 2.45) is 5.92 Å². The zero-order valence-electron chi connectivity index (χ0n) is 19.5. The lowest BCUT2D eigenvalue weighted by Gasteiger charge is -2.39. The molecule has 2 bridgehead atoms. The first kappa shape index (κ1) is 22.8. The number of halogens is 1. The highest BCUT2D eigenvalue weighted by Gasteiger charge is 2.55. The van der Waals surface area contributed by atoms with E-state index in [0.29, 0.717) is 23.8 Å². The van der Waals surface area contributed by atoms with Crippen LogP contribution < -0.4 is 9.64 Å². The van der Waals surface area contributed by atoms with Crippen molar-refractivity contribution in [3.05, 3.63) is 49.1 Å². The standard InChI is InChI=1S/C23H28BFN6O3/c1-24(32)31-12-15-10-19(31)22(25)23(15)29(2)21-7-6-18(27-28-21)17-5-4-16(30-9-8-26-13-30)11-20(17)34-14-33-3/h4-9,11,13,15,19,22-23,32H,10,12,14H2,1-3H3/t15?,19?,22-,23+/m0/s1. The first-order valence-electron chi connectivity index (χ1n) is 11.4. The Kier molecular flexibility index (Phi) is 6.24. The van der Waals surface area contributed by atoms with Gasteiger partial charge in [-0.15, -0.1) is 10.2 Å². The summed E-state index contributed by atoms with van der Waals surface area (Å²) in [6, 6.07) is 8.97. The molecule has 3 aromatic rings. The Morgan fingerprint density at radius 2 is 2.12 bits per heavy atom. The minimum absolute atomic E-state index is 0.0975. The highest BCUT2D eigenvalue weighted by Crippen LogP contribution is 2.43. The summed E-state index contributed by atoms with van der Waals surface area (Å²) in [7, 11) is 2.80. The van der Waals surface area contributed by atoms with E-state index in [2.05, 4.69) is 15.2 Å². The molecule has 2 unspecified atom stereocenters. The van der Waals surface area contributed by atoms with Gasteiger partial charge in [-0.3, -0.25) is 0 Å². The molecule has 5 rings (SSSR count). The molecule has 1 aromatic carbocycles. The van der Waals surface area contributed by atoms with Gasteiger partial charge in [-0.25, -0.2) is 9.37 Å². The van der Waals surface area contributed by atoms with E-state index in [-0.39, 0.29) is 24.8 Å². The SMILES string of the molecule is COCOc1cc(-n2ccnc2)ccc1-c1ccc(N(C)[C@@H]2C3CC([C@@H]2F)N(B(C)O)C3)nn1. The summed E-state index contributed by atoms with van der Waals surface area (Å²) < 4.78 is 28.0. The lowest BCUT2D eigenvalue weighted by atomic mass is 9.81. The van der Waals surface area contributed by atoms with Gasteiger partial charge < -0.3 is 28.8 Å². The summed E-state index contributed by atoms with van der Waals surface area (Å²) >= 11 is 0. The number of aromatic nitrogens is 4. The van der Waals surface area contributed by atoms with E-state index in [4.69, 9.17) is 9.47 Å². The molecule has 178 valence electrons. The van der Waals surface area contributed by atoms with Gasteiger partial charge in [0.05, 0.1) is 23.8 Å². The molecule has 2 fully saturated rings. The molecule has 1 saturated carbocycles. The number of piperidine rings is 1. The van der Waals surface area contributed by atoms with Crippen LogP contribution in [0.3, 0.4) is 0 Å². The molecule has 0 radical (unpaired) electrons. The Morgan fingerprint density at radius 3 is 2.76 bits per heavy atom. The van der Waals surface area contributed by atoms with Gasteiger partial charge >= 0.3 is 7.05 Å². The fourth-order valence-electron chi connectivity index (χ4n) is 5.28. The number of rotatable bonds is 8. The van der Waals surface area contributed by atoms with Crippen molar-refractivity contribution in [3.63, 3.8) is 0 Å². The summed E-state index contributed by atoms with van der Waals surface area (Å²) in [6.07, 6.45) is 4.98. The molecular formula is C23H28BFN6O3. The van der Waals surface area contributed by atoms with E-state index < -0.39 is 13.2 Å². The van der Waals surface area contributed by atoms with Crippen molar-refractivity contribution in [2.45, 2.75) is 31.5 Å². The predicted octanol–water partition coefficient (Wildman–Crippen LogP) is 2.27. The highest BCUT2D eigenvalue weighted by molar-refractivity contribution is 6.45. The summed E-state index contributed by atoms with van der Waals surface area (Å²) in [5, 5.41) is 18.8. The summed E-state index contributed by atoms with van der Waals surface area (Å²) in [5.74, 6) is 1.37. The number of alkyl halides is 1. The second-order valence-corrected chi connectivity index (χ2v) is 8.92. The first-order chi connectivity index (χ1) is 16.5. The van der Waals surface area contributed by atoms with Crippen molar-refractivity contribution in [2.75, 3.05) is 32.4 Å². The van der Waals surface area contributed by atoms with E-state index in [9.17, 15) is 5.02 Å². The van der Waals surface area contributed by atoms with Gasteiger partial charge in [0.15, 0.2) is 12.6 Å². The monoisotopic (exact) mass is 466 g/mol. The van der Waals surface area contributed by atoms with Gasteiger partial charge in [-0.2, -0.15) is 0 Å². The Morgan fingerprint density at radius 1 is 1.26 bits per heavy atom. The zero-order chi connectivity index (χ0) is 23.8. The van der Waals surface area contributed by atoms with E-state index in [1.165, 1.54) is 0 Å². The third-order valence-corrected chi connectivity index (χ3v) is 6.91. The highest BCUT2D eigenvalue weighted by atomic mass is 19.1. The maximum atomic E-state index is 15.2. The zero-order valence-corrected chi connectivity index (χ0v) is 19.5. The molecule has 1 aliphatic heterocycles. The van der Waals surface area contributed by atoms with Crippen LogP contribution in [-0.2, 0) is 4.74 Å². The van der Waals surface area contributed by atoms with E-state index >= 15 is 4.39 Å². The third kappa shape index (κ3) is 4.04. The van der Waals surface area contributed by atoms with Gasteiger partial charge in [-0.1, -0.05) is 0 Å². The van der Waals surface area contributed by atoms with Gasteiger partial charge in [0.1, 0.15) is 11.9 Å². The molecule has 0 amide bonds. The fourth-order valence-corrected chi connectivity index (χ4v) is 5.28. The number of methoxy groups -OCH3 is 1. The Labute approximate surface area is 198 Å². The van der Waals surface area contributed by atoms with Crippen LogP contribution in [0, 0.1) is 5.92 Å². The number of benzene rings is 1. The smallest absolute Gasteiger partial charge is 0.376 e. The van der Waals surface area contributed by atoms with Crippen LogP contribution in [0.15, 0.2) is 49.1 Å². The number of fused-ring (bicyclic) bond motifs is 2. The van der Waals surface area contributed by atoms with Crippen LogP contribution in [0.1, 0.15) is 6.42 Å². The van der Waals surface area contributed by atoms with Crippen molar-refractivity contribution in [3.8, 4) is 22.7 Å². The molecule has 4 atom stereocenters. The molecule has 9 nitrogen and oxygen atoms in total. The van der Waals surface area contributed by atoms with Crippen molar-refractivity contribution < 1.29 is 18.9 Å². The molecule has 1 N–H and O–H groups in total. The summed E-state index contributed by atoms with van der Waals surface area (Å²) in [4.78, 5) is 7.83. The summed E-state index contributed by atoms with van der Waals surface area (Å²) in [5.41, 5.74) is 2.32. The van der Waals surface area contributed by atoms with Crippen molar-refractivity contribution >= 4 is 12.9 Å². The molecule has 1 saturated heterocycles. The maximum Gasteiger partial charge on any atom is 0.376 e. The molecule has 2 aromatic heterocycles. The number of hydrogen-bond donors (Lipinski definition) is 1. The third-order valence-electron chi connectivity index (χ3n) is 6.91. The molecule has 11 heteroatoms. The van der Waals surface area contributed by atoms with Gasteiger partial charge in [-0.05, 0) is 50.0 Å². The topological polar surface area (TPSA) is 88.8 Å². The van der Waals surface area contributed by atoms with Gasteiger partial charge in [0.25, 0.3) is 0 Å². The molecular weight excluding hydrogens is 438 g/mol. The van der Waals surface area contributed by atoms with Crippen LogP contribution in [0.25, 0.3) is 16.9 Å². The Bertz CT molecular complexity index is 1110. The lowest BCUT2D eigenvalue weighted by molar-refractivity contribution is 0.0515. The van der Waals surface area contributed by atoms with E-state index in [1.54, 1.807) is 26.5 Å². The number of ether oxygens (including phenoxy) is 2. The Balaban J connectivity index is 1.37. The van der Waals surface area contributed by atoms with Gasteiger partial charge in [0, 0.05) is 44.2 Å². The van der Waals surface area contributed by atoms with Crippen LogP contribution in [-0.4, -0.2) is 82.4 Å². The quantitative estimate of drug-likeness (QED) is 0.400. The second-order valence-electron chi connectivity index (χ2n) is 8.92. The molecule has 34 heavy (non-hydrogen) atoms. The van der Waals surface area contributed by atoms with Crippen molar-refractivity contribution in [1.82, 2.24) is 24.6 Å². The molecule has 0 spiro atoms. The Hall–Kier alpha value is -3.02. The lowest BCUT2D eigenvalue weighted by Crippen LogP contribution is -2.56. The molecule has 2 aliphatic rings. The average Bonchev–Trinajstić information content (AvgIpc) is 3.59. The normalized spacial score (nSPS) is 23.9. The number of anilines is 1. The minimum Gasteiger partial charge on any atom is -0.467 e. The van der Waals surface area contributed by atoms with Crippen molar-refractivity contribution in [1.29, 1.82) is 0 Å². The van der Waals surface area contributed by atoms with Crippen LogP contribution in [0.2, 0.25) is 6.82 Å². The largest absolute Gasteiger partial charge is 0.467 e. The van der Waals surface area contributed by atoms with Crippen LogP contribution >= 0.6 is 0 Å². The fraction of sp³-hybridized carbons (Fsp3) is 0.435. The molecule has 3 heterocycles. The number of nitrogens with zero attached hydrogens (tertiary/aromatic N) is 6.